The van der Waals surface area contributed by atoms with Gasteiger partial charge in [-0.2, -0.15) is 18.3 Å². The number of amides is 2. The lowest BCUT2D eigenvalue weighted by Crippen LogP contribution is -2.57. The van der Waals surface area contributed by atoms with Crippen LogP contribution in [0.5, 0.6) is 0 Å². The van der Waals surface area contributed by atoms with Gasteiger partial charge in [0.25, 0.3) is 0 Å². The molecule has 10 heteroatoms. The predicted octanol–water partition coefficient (Wildman–Crippen LogP) is 2.51. The Bertz CT molecular complexity index is 674. The minimum absolute atomic E-state index is 0.210. The first-order chi connectivity index (χ1) is 12.6. The molecule has 0 spiro atoms. The Balaban J connectivity index is 1.61. The number of carbonyl (C=O) groups excluding carboxylic acids is 1. The average molecular weight is 388 g/mol. The Morgan fingerprint density at radius 3 is 2.67 bits per heavy atom. The largest absolute Gasteiger partial charge is 0.401 e. The maximum absolute atomic E-state index is 12.7. The minimum atomic E-state index is -4.22. The van der Waals surface area contributed by atoms with E-state index in [0.717, 1.165) is 31.0 Å². The number of nitrogens with one attached hydrogen (secondary N) is 1. The molecule has 7 nitrogen and oxygen atoms in total. The highest BCUT2D eigenvalue weighted by Gasteiger charge is 2.36. The van der Waals surface area contributed by atoms with Crippen molar-refractivity contribution in [2.75, 3.05) is 26.2 Å². The van der Waals surface area contributed by atoms with E-state index in [1.165, 1.54) is 4.90 Å². The van der Waals surface area contributed by atoms with Gasteiger partial charge in [0, 0.05) is 38.1 Å². The van der Waals surface area contributed by atoms with Crippen molar-refractivity contribution in [3.05, 3.63) is 11.6 Å². The van der Waals surface area contributed by atoms with E-state index >= 15 is 0 Å². The lowest BCUT2D eigenvalue weighted by Gasteiger charge is -2.40. The van der Waals surface area contributed by atoms with Gasteiger partial charge >= 0.3 is 12.2 Å². The molecule has 3 rings (SSSR count). The molecule has 152 valence electrons. The average Bonchev–Trinajstić information content (AvgIpc) is 3.01. The maximum atomic E-state index is 12.7. The number of piperazine rings is 1. The molecule has 0 aromatic carbocycles. The van der Waals surface area contributed by atoms with E-state index in [0.29, 0.717) is 0 Å². The van der Waals surface area contributed by atoms with Crippen LogP contribution in [-0.2, 0) is 6.54 Å². The quantitative estimate of drug-likeness (QED) is 0.864. The van der Waals surface area contributed by atoms with E-state index in [-0.39, 0.29) is 43.7 Å². The molecule has 1 saturated heterocycles. The number of carbonyl (C=O) groups is 1. The third-order valence-corrected chi connectivity index (χ3v) is 5.14. The zero-order chi connectivity index (χ0) is 19.8. The highest BCUT2D eigenvalue weighted by molar-refractivity contribution is 5.74. The fourth-order valence-electron chi connectivity index (χ4n) is 3.64. The Morgan fingerprint density at radius 2 is 2.04 bits per heavy atom. The molecule has 1 aromatic rings. The molecule has 3 heterocycles. The van der Waals surface area contributed by atoms with Crippen molar-refractivity contribution in [3.63, 3.8) is 0 Å². The van der Waals surface area contributed by atoms with E-state index < -0.39 is 12.7 Å². The first kappa shape index (κ1) is 19.9. The summed E-state index contributed by atoms with van der Waals surface area (Å²) in [6.45, 7) is 6.39. The van der Waals surface area contributed by atoms with Crippen LogP contribution in [-0.4, -0.2) is 69.0 Å². The van der Waals surface area contributed by atoms with Gasteiger partial charge in [-0.25, -0.2) is 14.5 Å². The minimum Gasteiger partial charge on any atom is -0.328 e. The number of hydrogen-bond acceptors (Lipinski definition) is 4. The number of alkyl halides is 3. The summed E-state index contributed by atoms with van der Waals surface area (Å²) in [7, 11) is 0. The monoisotopic (exact) mass is 388 g/mol. The van der Waals surface area contributed by atoms with Crippen LogP contribution in [0.15, 0.2) is 0 Å². The van der Waals surface area contributed by atoms with Gasteiger partial charge in [-0.05, 0) is 19.8 Å². The SMILES string of the molecule is CC(C)c1nc2n(n1)CCC[C@H]2NC(=O)N1CCN(CC(F)(F)F)[C@H](C)C1. The van der Waals surface area contributed by atoms with Crippen LogP contribution in [0.3, 0.4) is 0 Å². The van der Waals surface area contributed by atoms with E-state index in [1.54, 1.807) is 11.8 Å². The van der Waals surface area contributed by atoms with Crippen LogP contribution in [0.4, 0.5) is 18.0 Å². The summed E-state index contributed by atoms with van der Waals surface area (Å²) in [4.78, 5) is 20.2. The number of urea groups is 1. The second kappa shape index (κ2) is 7.65. The molecule has 0 saturated carbocycles. The summed E-state index contributed by atoms with van der Waals surface area (Å²) in [6, 6.07) is -0.801. The van der Waals surface area contributed by atoms with Gasteiger partial charge in [-0.1, -0.05) is 13.8 Å². The highest BCUT2D eigenvalue weighted by atomic mass is 19.4. The lowest BCUT2D eigenvalue weighted by atomic mass is 10.1. The summed E-state index contributed by atoms with van der Waals surface area (Å²) in [6.07, 6.45) is -2.54. The molecule has 2 aliphatic heterocycles. The highest BCUT2D eigenvalue weighted by Crippen LogP contribution is 2.26. The fraction of sp³-hybridized carbons (Fsp3) is 0.824. The van der Waals surface area contributed by atoms with Crippen molar-refractivity contribution in [2.24, 2.45) is 0 Å². The van der Waals surface area contributed by atoms with Crippen molar-refractivity contribution >= 4 is 6.03 Å². The van der Waals surface area contributed by atoms with E-state index in [9.17, 15) is 18.0 Å². The number of aryl methyl sites for hydroxylation is 1. The van der Waals surface area contributed by atoms with Gasteiger partial charge in [-0.3, -0.25) is 4.90 Å². The van der Waals surface area contributed by atoms with Gasteiger partial charge in [0.05, 0.1) is 12.6 Å². The third-order valence-electron chi connectivity index (χ3n) is 5.14. The molecule has 0 aliphatic carbocycles. The molecule has 0 radical (unpaired) electrons. The van der Waals surface area contributed by atoms with Crippen LogP contribution in [0.1, 0.15) is 57.2 Å². The Labute approximate surface area is 156 Å². The molecule has 1 aromatic heterocycles. The molecule has 0 unspecified atom stereocenters. The topological polar surface area (TPSA) is 66.3 Å². The summed E-state index contributed by atoms with van der Waals surface area (Å²) in [5.41, 5.74) is 0. The van der Waals surface area contributed by atoms with E-state index in [1.807, 2.05) is 18.5 Å². The lowest BCUT2D eigenvalue weighted by molar-refractivity contribution is -0.153. The molecule has 1 fully saturated rings. The first-order valence-corrected chi connectivity index (χ1v) is 9.45. The van der Waals surface area contributed by atoms with Gasteiger partial charge < -0.3 is 10.2 Å². The maximum Gasteiger partial charge on any atom is 0.401 e. The first-order valence-electron chi connectivity index (χ1n) is 9.45. The van der Waals surface area contributed by atoms with Crippen molar-refractivity contribution in [1.29, 1.82) is 0 Å². The van der Waals surface area contributed by atoms with Crippen LogP contribution < -0.4 is 5.32 Å². The molecular weight excluding hydrogens is 361 g/mol. The van der Waals surface area contributed by atoms with Crippen LogP contribution >= 0.6 is 0 Å². The van der Waals surface area contributed by atoms with Gasteiger partial charge in [0.1, 0.15) is 5.82 Å². The summed E-state index contributed by atoms with van der Waals surface area (Å²) >= 11 is 0. The number of aromatic nitrogens is 3. The molecule has 2 amide bonds. The second-order valence-electron chi connectivity index (χ2n) is 7.73. The Kier molecular flexibility index (Phi) is 5.64. The summed E-state index contributed by atoms with van der Waals surface area (Å²) in [5, 5.41) is 7.51. The van der Waals surface area contributed by atoms with Crippen molar-refractivity contribution in [2.45, 2.75) is 64.3 Å². The number of fused-ring (bicyclic) bond motifs is 1. The standard InChI is InChI=1S/C17H27F3N6O/c1-11(2)14-22-15-13(5-4-6-26(15)23-14)21-16(27)24-7-8-25(12(3)9-24)10-17(18,19)20/h11-13H,4-10H2,1-3H3,(H,21,27)/t12-,13-/m1/s1. The Hall–Kier alpha value is -1.84. The third kappa shape index (κ3) is 4.72. The van der Waals surface area contributed by atoms with Crippen LogP contribution in [0.25, 0.3) is 0 Å². The van der Waals surface area contributed by atoms with E-state index in [2.05, 4.69) is 15.4 Å². The zero-order valence-electron chi connectivity index (χ0n) is 16.0. The van der Waals surface area contributed by atoms with Gasteiger partial charge in [0.2, 0.25) is 0 Å². The number of hydrogen-bond donors (Lipinski definition) is 1. The second-order valence-corrected chi connectivity index (χ2v) is 7.73. The van der Waals surface area contributed by atoms with Crippen molar-refractivity contribution < 1.29 is 18.0 Å². The molecule has 0 bridgehead atoms. The predicted molar refractivity (Wildman–Crippen MR) is 93.3 cm³/mol. The zero-order valence-corrected chi connectivity index (χ0v) is 16.0. The normalized spacial score (nSPS) is 24.2. The molecular formula is C17H27F3N6O. The van der Waals surface area contributed by atoms with Crippen molar-refractivity contribution in [3.8, 4) is 0 Å². The van der Waals surface area contributed by atoms with Crippen molar-refractivity contribution in [1.82, 2.24) is 29.9 Å². The van der Waals surface area contributed by atoms with Gasteiger partial charge in [-0.15, -0.1) is 0 Å². The summed E-state index contributed by atoms with van der Waals surface area (Å²) in [5.74, 6) is 1.74. The molecule has 2 aliphatic rings. The molecule has 2 atom stereocenters. The molecule has 1 N–H and O–H groups in total. The number of halogens is 3. The van der Waals surface area contributed by atoms with Gasteiger partial charge in [0.15, 0.2) is 5.82 Å². The fourth-order valence-corrected chi connectivity index (χ4v) is 3.64. The Morgan fingerprint density at radius 1 is 1.30 bits per heavy atom. The van der Waals surface area contributed by atoms with E-state index in [4.69, 9.17) is 0 Å². The van der Waals surface area contributed by atoms with Crippen LogP contribution in [0.2, 0.25) is 0 Å². The number of nitrogens with zero attached hydrogens (tertiary/aromatic N) is 5. The van der Waals surface area contributed by atoms with Crippen LogP contribution in [0, 0.1) is 0 Å². The molecule has 27 heavy (non-hydrogen) atoms. The summed E-state index contributed by atoms with van der Waals surface area (Å²) < 4.78 is 39.7. The number of rotatable bonds is 3. The smallest absolute Gasteiger partial charge is 0.328 e.